The summed E-state index contributed by atoms with van der Waals surface area (Å²) in [6.45, 7) is 2.09. The van der Waals surface area contributed by atoms with Crippen LogP contribution < -0.4 is 0 Å². The van der Waals surface area contributed by atoms with E-state index in [1.807, 2.05) is 11.7 Å². The van der Waals surface area contributed by atoms with Gasteiger partial charge in [0.15, 0.2) is 9.84 Å². The molecule has 2 atom stereocenters. The van der Waals surface area contributed by atoms with E-state index in [1.165, 1.54) is 0 Å². The van der Waals surface area contributed by atoms with E-state index in [0.29, 0.717) is 17.4 Å². The van der Waals surface area contributed by atoms with Crippen molar-refractivity contribution in [3.8, 4) is 0 Å². The van der Waals surface area contributed by atoms with Gasteiger partial charge in [-0.1, -0.05) is 22.9 Å². The highest BCUT2D eigenvalue weighted by atomic mass is 79.9. The highest BCUT2D eigenvalue weighted by Crippen LogP contribution is 2.32. The molecule has 4 nitrogen and oxygen atoms in total. The molecule has 0 radical (unpaired) electrons. The van der Waals surface area contributed by atoms with Crippen molar-refractivity contribution in [3.05, 3.63) is 15.9 Å². The number of aryl methyl sites for hydroxylation is 2. The standard InChI is InChI=1S/C13H20Br2N2O2S/c1-3-11-13(15)12(17(2)16-11)6-10(7-14)9-4-5-20(18,19)8-9/h9-10H,3-8H2,1-2H3. The van der Waals surface area contributed by atoms with Crippen molar-refractivity contribution in [1.82, 2.24) is 9.78 Å². The van der Waals surface area contributed by atoms with Gasteiger partial charge in [0.1, 0.15) is 0 Å². The molecule has 1 aromatic rings. The van der Waals surface area contributed by atoms with E-state index < -0.39 is 9.84 Å². The minimum Gasteiger partial charge on any atom is -0.271 e. The van der Waals surface area contributed by atoms with Crippen LogP contribution in [0.3, 0.4) is 0 Å². The first-order chi connectivity index (χ1) is 9.38. The van der Waals surface area contributed by atoms with Gasteiger partial charge in [-0.05, 0) is 47.0 Å². The number of sulfone groups is 1. The van der Waals surface area contributed by atoms with Crippen molar-refractivity contribution in [3.63, 3.8) is 0 Å². The third kappa shape index (κ3) is 3.47. The Kier molecular flexibility index (Phi) is 5.34. The van der Waals surface area contributed by atoms with Crippen LogP contribution >= 0.6 is 31.9 Å². The molecule has 1 fully saturated rings. The molecule has 0 N–H and O–H groups in total. The van der Waals surface area contributed by atoms with Crippen LogP contribution in [0, 0.1) is 11.8 Å². The van der Waals surface area contributed by atoms with Crippen molar-refractivity contribution < 1.29 is 8.42 Å². The summed E-state index contributed by atoms with van der Waals surface area (Å²) in [7, 11) is -0.863. The average Bonchev–Trinajstić information content (AvgIpc) is 2.88. The molecule has 1 aromatic heterocycles. The molecule has 2 rings (SSSR count). The second-order valence-electron chi connectivity index (χ2n) is 5.47. The summed E-state index contributed by atoms with van der Waals surface area (Å²) in [5, 5.41) is 5.33. The van der Waals surface area contributed by atoms with Crippen molar-refractivity contribution in [1.29, 1.82) is 0 Å². The molecule has 2 unspecified atom stereocenters. The molecule has 2 heterocycles. The van der Waals surface area contributed by atoms with Gasteiger partial charge < -0.3 is 0 Å². The van der Waals surface area contributed by atoms with E-state index in [4.69, 9.17) is 0 Å². The summed E-state index contributed by atoms with van der Waals surface area (Å²) < 4.78 is 26.3. The van der Waals surface area contributed by atoms with E-state index in [0.717, 1.165) is 40.5 Å². The maximum absolute atomic E-state index is 11.7. The Morgan fingerprint density at radius 1 is 1.50 bits per heavy atom. The average molecular weight is 428 g/mol. The lowest BCUT2D eigenvalue weighted by molar-refractivity contribution is 0.393. The summed E-state index contributed by atoms with van der Waals surface area (Å²) in [5.41, 5.74) is 2.23. The summed E-state index contributed by atoms with van der Waals surface area (Å²) in [6.07, 6.45) is 2.54. The number of hydrogen-bond acceptors (Lipinski definition) is 3. The van der Waals surface area contributed by atoms with Crippen molar-refractivity contribution in [2.45, 2.75) is 26.2 Å². The molecule has 0 spiro atoms. The number of nitrogens with zero attached hydrogens (tertiary/aromatic N) is 2. The Hall–Kier alpha value is 0.120. The van der Waals surface area contributed by atoms with Gasteiger partial charge >= 0.3 is 0 Å². The van der Waals surface area contributed by atoms with Gasteiger partial charge in [-0.15, -0.1) is 0 Å². The largest absolute Gasteiger partial charge is 0.271 e. The van der Waals surface area contributed by atoms with Crippen LogP contribution in [-0.4, -0.2) is 35.0 Å². The highest BCUT2D eigenvalue weighted by molar-refractivity contribution is 9.10. The summed E-state index contributed by atoms with van der Waals surface area (Å²) in [5.74, 6) is 1.27. The Morgan fingerprint density at radius 2 is 2.20 bits per heavy atom. The molecule has 1 saturated heterocycles. The first-order valence-corrected chi connectivity index (χ1v) is 10.6. The number of hydrogen-bond donors (Lipinski definition) is 0. The van der Waals surface area contributed by atoms with E-state index in [-0.39, 0.29) is 5.92 Å². The van der Waals surface area contributed by atoms with Crippen LogP contribution in [-0.2, 0) is 29.7 Å². The van der Waals surface area contributed by atoms with Crippen molar-refractivity contribution in [2.75, 3.05) is 16.8 Å². The second-order valence-corrected chi connectivity index (χ2v) is 9.14. The fraction of sp³-hybridized carbons (Fsp3) is 0.769. The van der Waals surface area contributed by atoms with Crippen LogP contribution in [0.25, 0.3) is 0 Å². The molecule has 1 aliphatic rings. The maximum atomic E-state index is 11.7. The van der Waals surface area contributed by atoms with E-state index in [2.05, 4.69) is 43.9 Å². The zero-order valence-electron chi connectivity index (χ0n) is 11.8. The number of alkyl halides is 1. The maximum Gasteiger partial charge on any atom is 0.150 e. The van der Waals surface area contributed by atoms with E-state index in [9.17, 15) is 8.42 Å². The van der Waals surface area contributed by atoms with Crippen LogP contribution in [0.2, 0.25) is 0 Å². The van der Waals surface area contributed by atoms with Gasteiger partial charge in [-0.2, -0.15) is 5.10 Å². The van der Waals surface area contributed by atoms with Crippen molar-refractivity contribution in [2.24, 2.45) is 18.9 Å². The van der Waals surface area contributed by atoms with Crippen molar-refractivity contribution >= 4 is 41.7 Å². The van der Waals surface area contributed by atoms with Gasteiger partial charge in [0.2, 0.25) is 0 Å². The number of aromatic nitrogens is 2. The normalized spacial score (nSPS) is 23.1. The van der Waals surface area contributed by atoms with Gasteiger partial charge in [-0.25, -0.2) is 8.42 Å². The third-order valence-corrected chi connectivity index (χ3v) is 7.63. The lowest BCUT2D eigenvalue weighted by Crippen LogP contribution is -2.21. The van der Waals surface area contributed by atoms with Gasteiger partial charge in [0.05, 0.1) is 27.4 Å². The monoisotopic (exact) mass is 426 g/mol. The Balaban J connectivity index is 2.17. The lowest BCUT2D eigenvalue weighted by atomic mass is 9.89. The minimum absolute atomic E-state index is 0.256. The lowest BCUT2D eigenvalue weighted by Gasteiger charge is -2.20. The first kappa shape index (κ1) is 16.5. The quantitative estimate of drug-likeness (QED) is 0.678. The number of halogens is 2. The summed E-state index contributed by atoms with van der Waals surface area (Å²) >= 11 is 7.19. The molecule has 0 amide bonds. The molecular formula is C13H20Br2N2O2S. The predicted molar refractivity (Wildman–Crippen MR) is 88.0 cm³/mol. The minimum atomic E-state index is -2.82. The van der Waals surface area contributed by atoms with Crippen LogP contribution in [0.4, 0.5) is 0 Å². The molecular weight excluding hydrogens is 408 g/mol. The zero-order valence-corrected chi connectivity index (χ0v) is 15.8. The fourth-order valence-electron chi connectivity index (χ4n) is 2.83. The molecule has 114 valence electrons. The van der Waals surface area contributed by atoms with Gasteiger partial charge in [0, 0.05) is 12.4 Å². The van der Waals surface area contributed by atoms with Crippen LogP contribution in [0.5, 0.6) is 0 Å². The second kappa shape index (κ2) is 6.48. The predicted octanol–water partition coefficient (Wildman–Crippen LogP) is 2.73. The fourth-order valence-corrected chi connectivity index (χ4v) is 6.29. The molecule has 1 aliphatic heterocycles. The number of rotatable bonds is 5. The van der Waals surface area contributed by atoms with Crippen LogP contribution in [0.15, 0.2) is 4.47 Å². The molecule has 0 saturated carbocycles. The Labute approximate surface area is 137 Å². The topological polar surface area (TPSA) is 52.0 Å². The Bertz CT molecular complexity index is 583. The smallest absolute Gasteiger partial charge is 0.150 e. The first-order valence-electron chi connectivity index (χ1n) is 6.84. The van der Waals surface area contributed by atoms with Gasteiger partial charge in [-0.3, -0.25) is 4.68 Å². The SMILES string of the molecule is CCc1nn(C)c(CC(CBr)C2CCS(=O)(=O)C2)c1Br. The highest BCUT2D eigenvalue weighted by Gasteiger charge is 2.34. The third-order valence-electron chi connectivity index (χ3n) is 4.09. The molecule has 0 bridgehead atoms. The molecule has 7 heteroatoms. The van der Waals surface area contributed by atoms with Crippen LogP contribution in [0.1, 0.15) is 24.7 Å². The Morgan fingerprint density at radius 3 is 2.65 bits per heavy atom. The molecule has 0 aromatic carbocycles. The van der Waals surface area contributed by atoms with E-state index >= 15 is 0 Å². The molecule has 0 aliphatic carbocycles. The van der Waals surface area contributed by atoms with Gasteiger partial charge in [0.25, 0.3) is 0 Å². The van der Waals surface area contributed by atoms with E-state index in [1.54, 1.807) is 0 Å². The zero-order chi connectivity index (χ0) is 14.9. The summed E-state index contributed by atoms with van der Waals surface area (Å²) in [6, 6.07) is 0. The molecule has 20 heavy (non-hydrogen) atoms. The summed E-state index contributed by atoms with van der Waals surface area (Å²) in [4.78, 5) is 0.